The number of rotatable bonds is 4. The number of halogens is 3. The average molecular weight is 379 g/mol. The zero-order valence-corrected chi connectivity index (χ0v) is 14.5. The molecule has 0 unspecified atom stereocenters. The molecule has 1 saturated heterocycles. The highest BCUT2D eigenvalue weighted by molar-refractivity contribution is 7.88. The Kier molecular flexibility index (Phi) is 5.94. The maximum Gasteiger partial charge on any atom is 0.416 e. The van der Waals surface area contributed by atoms with E-state index in [-0.39, 0.29) is 12.6 Å². The summed E-state index contributed by atoms with van der Waals surface area (Å²) >= 11 is 0. The molecule has 10 heteroatoms. The Morgan fingerprint density at radius 2 is 1.92 bits per heavy atom. The number of hydrogen-bond donors (Lipinski definition) is 2. The van der Waals surface area contributed by atoms with Crippen molar-refractivity contribution >= 4 is 16.1 Å². The van der Waals surface area contributed by atoms with Gasteiger partial charge in [0.1, 0.15) is 0 Å². The Bertz CT molecular complexity index is 714. The third-order valence-corrected chi connectivity index (χ3v) is 5.27. The molecular weight excluding hydrogens is 359 g/mol. The Balaban J connectivity index is 1.80. The zero-order chi connectivity index (χ0) is 18.7. The van der Waals surface area contributed by atoms with E-state index in [0.717, 1.165) is 18.4 Å². The monoisotopic (exact) mass is 379 g/mol. The summed E-state index contributed by atoms with van der Waals surface area (Å²) < 4.78 is 62.1. The Morgan fingerprint density at radius 3 is 2.48 bits per heavy atom. The summed E-state index contributed by atoms with van der Waals surface area (Å²) in [5.41, 5.74) is -0.419. The summed E-state index contributed by atoms with van der Waals surface area (Å²) in [4.78, 5) is 11.9. The second-order valence-electron chi connectivity index (χ2n) is 5.96. The number of alkyl halides is 3. The molecular formula is C15H20F3N3O3S. The van der Waals surface area contributed by atoms with Crippen LogP contribution in [0.3, 0.4) is 0 Å². The SMILES string of the molecule is CS(=O)(=O)N1CCC(NC(=O)NCc2cccc(C(F)(F)F)c2)CC1. The van der Waals surface area contributed by atoms with Crippen molar-refractivity contribution in [2.75, 3.05) is 19.3 Å². The van der Waals surface area contributed by atoms with Crippen molar-refractivity contribution in [3.63, 3.8) is 0 Å². The van der Waals surface area contributed by atoms with Crippen LogP contribution in [-0.4, -0.2) is 44.1 Å². The Hall–Kier alpha value is -1.81. The van der Waals surface area contributed by atoms with Crippen LogP contribution in [0.2, 0.25) is 0 Å². The number of hydrogen-bond acceptors (Lipinski definition) is 3. The lowest BCUT2D eigenvalue weighted by Crippen LogP contribution is -2.48. The van der Waals surface area contributed by atoms with Gasteiger partial charge in [0.2, 0.25) is 10.0 Å². The lowest BCUT2D eigenvalue weighted by Gasteiger charge is -2.30. The predicted molar refractivity (Wildman–Crippen MR) is 86.3 cm³/mol. The molecule has 0 aromatic heterocycles. The van der Waals surface area contributed by atoms with Gasteiger partial charge in [0, 0.05) is 25.7 Å². The summed E-state index contributed by atoms with van der Waals surface area (Å²) in [5.74, 6) is 0. The summed E-state index contributed by atoms with van der Waals surface area (Å²) in [6, 6.07) is 4.10. The molecule has 0 radical (unpaired) electrons. The molecule has 1 aliphatic heterocycles. The number of urea groups is 1. The van der Waals surface area contributed by atoms with E-state index in [4.69, 9.17) is 0 Å². The Labute approximate surface area is 144 Å². The van der Waals surface area contributed by atoms with Crippen molar-refractivity contribution in [2.24, 2.45) is 0 Å². The molecule has 0 bridgehead atoms. The van der Waals surface area contributed by atoms with Crippen molar-refractivity contribution < 1.29 is 26.4 Å². The van der Waals surface area contributed by atoms with Gasteiger partial charge in [0.25, 0.3) is 0 Å². The minimum atomic E-state index is -4.42. The highest BCUT2D eigenvalue weighted by atomic mass is 32.2. The molecule has 6 nitrogen and oxygen atoms in total. The van der Waals surface area contributed by atoms with Gasteiger partial charge in [-0.1, -0.05) is 12.1 Å². The van der Waals surface area contributed by atoms with Gasteiger partial charge >= 0.3 is 12.2 Å². The number of sulfonamides is 1. The standard InChI is InChI=1S/C15H20F3N3O3S/c1-25(23,24)21-7-5-13(6-8-21)20-14(22)19-10-11-3-2-4-12(9-11)15(16,17)18/h2-4,9,13H,5-8,10H2,1H3,(H2,19,20,22). The van der Waals surface area contributed by atoms with Crippen LogP contribution in [0.1, 0.15) is 24.0 Å². The highest BCUT2D eigenvalue weighted by Gasteiger charge is 2.30. The highest BCUT2D eigenvalue weighted by Crippen LogP contribution is 2.29. The molecule has 140 valence electrons. The number of nitrogens with one attached hydrogen (secondary N) is 2. The molecule has 0 saturated carbocycles. The number of carbonyl (C=O) groups is 1. The smallest absolute Gasteiger partial charge is 0.335 e. The molecule has 2 N–H and O–H groups in total. The molecule has 0 atom stereocenters. The van der Waals surface area contributed by atoms with Crippen LogP contribution in [0.25, 0.3) is 0 Å². The fourth-order valence-corrected chi connectivity index (χ4v) is 3.48. The van der Waals surface area contributed by atoms with Gasteiger partial charge in [-0.2, -0.15) is 13.2 Å². The van der Waals surface area contributed by atoms with Crippen molar-refractivity contribution in [1.29, 1.82) is 0 Å². The van der Waals surface area contributed by atoms with Gasteiger partial charge in [-0.05, 0) is 30.5 Å². The van der Waals surface area contributed by atoms with Crippen LogP contribution in [0.4, 0.5) is 18.0 Å². The molecule has 2 amide bonds. The first-order chi connectivity index (χ1) is 11.6. The normalized spacial score (nSPS) is 17.3. The zero-order valence-electron chi connectivity index (χ0n) is 13.6. The maximum absolute atomic E-state index is 12.6. The number of amides is 2. The first-order valence-corrected chi connectivity index (χ1v) is 9.56. The molecule has 1 fully saturated rings. The number of benzene rings is 1. The quantitative estimate of drug-likeness (QED) is 0.839. The summed E-state index contributed by atoms with van der Waals surface area (Å²) in [6.07, 6.45) is -2.30. The third kappa shape index (κ3) is 5.89. The molecule has 0 aliphatic carbocycles. The van der Waals surface area contributed by atoms with Crippen LogP contribution in [0, 0.1) is 0 Å². The van der Waals surface area contributed by atoms with E-state index >= 15 is 0 Å². The fraction of sp³-hybridized carbons (Fsp3) is 0.533. The lowest BCUT2D eigenvalue weighted by molar-refractivity contribution is -0.137. The van der Waals surface area contributed by atoms with E-state index in [1.807, 2.05) is 0 Å². The molecule has 1 aromatic carbocycles. The van der Waals surface area contributed by atoms with E-state index in [9.17, 15) is 26.4 Å². The number of carbonyl (C=O) groups excluding carboxylic acids is 1. The van der Waals surface area contributed by atoms with E-state index in [0.29, 0.717) is 31.5 Å². The molecule has 25 heavy (non-hydrogen) atoms. The van der Waals surface area contributed by atoms with Crippen LogP contribution < -0.4 is 10.6 Å². The third-order valence-electron chi connectivity index (χ3n) is 3.97. The molecule has 1 aliphatic rings. The average Bonchev–Trinajstić information content (AvgIpc) is 2.52. The summed E-state index contributed by atoms with van der Waals surface area (Å²) in [6.45, 7) is 0.632. The summed E-state index contributed by atoms with van der Waals surface area (Å²) in [5, 5.41) is 5.23. The fourth-order valence-electron chi connectivity index (χ4n) is 2.61. The van der Waals surface area contributed by atoms with Crippen LogP contribution in [0.15, 0.2) is 24.3 Å². The van der Waals surface area contributed by atoms with E-state index in [1.54, 1.807) is 0 Å². The van der Waals surface area contributed by atoms with Gasteiger partial charge in [-0.3, -0.25) is 0 Å². The van der Waals surface area contributed by atoms with Crippen molar-refractivity contribution in [2.45, 2.75) is 31.6 Å². The number of piperidine rings is 1. The molecule has 0 spiro atoms. The van der Waals surface area contributed by atoms with Gasteiger partial charge in [-0.25, -0.2) is 17.5 Å². The van der Waals surface area contributed by atoms with Crippen molar-refractivity contribution in [3.8, 4) is 0 Å². The molecule has 2 rings (SSSR count). The molecule has 1 aromatic rings. The van der Waals surface area contributed by atoms with Gasteiger partial charge in [0.05, 0.1) is 11.8 Å². The Morgan fingerprint density at radius 1 is 1.28 bits per heavy atom. The van der Waals surface area contributed by atoms with E-state index in [2.05, 4.69) is 10.6 Å². The minimum absolute atomic E-state index is 0.0298. The maximum atomic E-state index is 12.6. The van der Waals surface area contributed by atoms with E-state index in [1.165, 1.54) is 16.4 Å². The first kappa shape index (κ1) is 19.5. The van der Waals surface area contributed by atoms with Crippen LogP contribution in [-0.2, 0) is 22.7 Å². The first-order valence-electron chi connectivity index (χ1n) is 7.71. The predicted octanol–water partition coefficient (Wildman–Crippen LogP) is 1.93. The van der Waals surface area contributed by atoms with Crippen LogP contribution in [0.5, 0.6) is 0 Å². The van der Waals surface area contributed by atoms with Gasteiger partial charge in [-0.15, -0.1) is 0 Å². The summed E-state index contributed by atoms with van der Waals surface area (Å²) in [7, 11) is -3.23. The van der Waals surface area contributed by atoms with E-state index < -0.39 is 27.8 Å². The minimum Gasteiger partial charge on any atom is -0.335 e. The van der Waals surface area contributed by atoms with Gasteiger partial charge < -0.3 is 10.6 Å². The topological polar surface area (TPSA) is 78.5 Å². The molecule has 1 heterocycles. The van der Waals surface area contributed by atoms with Crippen molar-refractivity contribution in [1.82, 2.24) is 14.9 Å². The number of nitrogens with zero attached hydrogens (tertiary/aromatic N) is 1. The second kappa shape index (κ2) is 7.61. The largest absolute Gasteiger partial charge is 0.416 e. The second-order valence-corrected chi connectivity index (χ2v) is 7.94. The van der Waals surface area contributed by atoms with Crippen molar-refractivity contribution in [3.05, 3.63) is 35.4 Å². The van der Waals surface area contributed by atoms with Crippen LogP contribution >= 0.6 is 0 Å². The lowest BCUT2D eigenvalue weighted by atomic mass is 10.1. The van der Waals surface area contributed by atoms with Gasteiger partial charge in [0.15, 0.2) is 0 Å².